The predicted octanol–water partition coefficient (Wildman–Crippen LogP) is 4.85. The van der Waals surface area contributed by atoms with Crippen LogP contribution >= 0.6 is 27.3 Å². The molecule has 0 atom stereocenters. The van der Waals surface area contributed by atoms with Crippen molar-refractivity contribution < 1.29 is 9.47 Å². The monoisotopic (exact) mass is 397 g/mol. The molecule has 23 heavy (non-hydrogen) atoms. The number of ether oxygens (including phenoxy) is 2. The van der Waals surface area contributed by atoms with E-state index in [1.807, 2.05) is 31.4 Å². The summed E-state index contributed by atoms with van der Waals surface area (Å²) in [5.41, 5.74) is 4.80. The first-order chi connectivity index (χ1) is 11.1. The Labute approximate surface area is 148 Å². The van der Waals surface area contributed by atoms with Crippen molar-refractivity contribution >= 4 is 38.6 Å². The van der Waals surface area contributed by atoms with Crippen molar-refractivity contribution in [2.45, 2.75) is 27.2 Å². The molecule has 0 aliphatic carbocycles. The van der Waals surface area contributed by atoms with E-state index in [0.717, 1.165) is 38.8 Å². The Balaban J connectivity index is 2.15. The van der Waals surface area contributed by atoms with Gasteiger partial charge >= 0.3 is 0 Å². The largest absolute Gasteiger partial charge is 0.490 e. The summed E-state index contributed by atoms with van der Waals surface area (Å²) in [4.78, 5) is 4.30. The molecule has 0 saturated carbocycles. The molecule has 1 heterocycles. The molecule has 7 heteroatoms. The molecule has 0 aliphatic rings. The number of hydrogen-bond donors (Lipinski definition) is 1. The molecule has 0 bridgehead atoms. The van der Waals surface area contributed by atoms with E-state index >= 15 is 0 Å². The summed E-state index contributed by atoms with van der Waals surface area (Å²) < 4.78 is 12.3. The van der Waals surface area contributed by atoms with Gasteiger partial charge in [0.1, 0.15) is 0 Å². The summed E-state index contributed by atoms with van der Waals surface area (Å²) in [5.74, 6) is 1.46. The molecule has 0 radical (unpaired) electrons. The second-order valence-electron chi connectivity index (χ2n) is 4.77. The summed E-state index contributed by atoms with van der Waals surface area (Å²) in [6.07, 6.45) is 2.68. The molecule has 1 aromatic heterocycles. The Kier molecular flexibility index (Phi) is 6.85. The molecule has 1 N–H and O–H groups in total. The molecule has 124 valence electrons. The van der Waals surface area contributed by atoms with Crippen molar-refractivity contribution in [1.82, 2.24) is 4.98 Å². The number of nitrogens with zero attached hydrogens (tertiary/aromatic N) is 2. The number of hydrogen-bond acceptors (Lipinski definition) is 6. The smallest absolute Gasteiger partial charge is 0.203 e. The first-order valence-corrected chi connectivity index (χ1v) is 9.11. The van der Waals surface area contributed by atoms with Crippen molar-refractivity contribution in [3.63, 3.8) is 0 Å². The average Bonchev–Trinajstić information content (AvgIpc) is 2.94. The number of nitrogens with one attached hydrogen (secondary N) is 1. The molecular weight excluding hydrogens is 378 g/mol. The fourth-order valence-corrected chi connectivity index (χ4v) is 2.87. The van der Waals surface area contributed by atoms with Gasteiger partial charge in [-0.3, -0.25) is 5.43 Å². The van der Waals surface area contributed by atoms with Gasteiger partial charge in [-0.25, -0.2) is 4.98 Å². The Morgan fingerprint density at radius 2 is 2.09 bits per heavy atom. The average molecular weight is 398 g/mol. The number of hydrazone groups is 1. The Morgan fingerprint density at radius 3 is 2.74 bits per heavy atom. The fourth-order valence-electron chi connectivity index (χ4n) is 1.81. The van der Waals surface area contributed by atoms with Crippen LogP contribution < -0.4 is 14.9 Å². The summed E-state index contributed by atoms with van der Waals surface area (Å²) in [5, 5.41) is 6.97. The number of anilines is 1. The molecule has 2 aromatic rings. The van der Waals surface area contributed by atoms with Crippen molar-refractivity contribution in [2.24, 2.45) is 5.10 Å². The normalized spacial score (nSPS) is 11.0. The Bertz CT molecular complexity index is 673. The first kappa shape index (κ1) is 17.7. The zero-order chi connectivity index (χ0) is 16.7. The van der Waals surface area contributed by atoms with Gasteiger partial charge in [-0.05, 0) is 48.3 Å². The lowest BCUT2D eigenvalue weighted by atomic mass is 10.2. The number of benzene rings is 1. The van der Waals surface area contributed by atoms with Crippen molar-refractivity contribution in [3.8, 4) is 11.5 Å². The van der Waals surface area contributed by atoms with Crippen LogP contribution in [0.2, 0.25) is 0 Å². The van der Waals surface area contributed by atoms with Gasteiger partial charge in [-0.1, -0.05) is 6.92 Å². The highest BCUT2D eigenvalue weighted by Crippen LogP contribution is 2.33. The van der Waals surface area contributed by atoms with E-state index in [2.05, 4.69) is 38.4 Å². The van der Waals surface area contributed by atoms with Gasteiger partial charge < -0.3 is 9.47 Å². The second-order valence-corrected chi connectivity index (χ2v) is 6.48. The third-order valence-electron chi connectivity index (χ3n) is 2.81. The molecule has 0 aliphatic heterocycles. The van der Waals surface area contributed by atoms with Crippen LogP contribution in [-0.4, -0.2) is 24.4 Å². The van der Waals surface area contributed by atoms with E-state index in [-0.39, 0.29) is 0 Å². The lowest BCUT2D eigenvalue weighted by Crippen LogP contribution is -2.01. The van der Waals surface area contributed by atoms with E-state index in [4.69, 9.17) is 9.47 Å². The van der Waals surface area contributed by atoms with E-state index in [1.165, 1.54) is 11.3 Å². The number of aryl methyl sites for hydroxylation is 1. The lowest BCUT2D eigenvalue weighted by molar-refractivity contribution is 0.276. The van der Waals surface area contributed by atoms with Crippen LogP contribution in [0.1, 0.15) is 31.5 Å². The van der Waals surface area contributed by atoms with Crippen LogP contribution in [0.15, 0.2) is 27.1 Å². The summed E-state index contributed by atoms with van der Waals surface area (Å²) in [6, 6.07) is 3.83. The van der Waals surface area contributed by atoms with Gasteiger partial charge in [0.15, 0.2) is 11.5 Å². The minimum atomic E-state index is 0.581. The zero-order valence-corrected chi connectivity index (χ0v) is 15.8. The van der Waals surface area contributed by atoms with E-state index < -0.39 is 0 Å². The highest BCUT2D eigenvalue weighted by molar-refractivity contribution is 9.10. The third-order valence-corrected chi connectivity index (χ3v) is 4.36. The van der Waals surface area contributed by atoms with Gasteiger partial charge in [0.05, 0.1) is 25.1 Å². The van der Waals surface area contributed by atoms with Crippen LogP contribution in [0.3, 0.4) is 0 Å². The van der Waals surface area contributed by atoms with Crippen molar-refractivity contribution in [2.75, 3.05) is 18.6 Å². The minimum absolute atomic E-state index is 0.581. The maximum absolute atomic E-state index is 5.73. The van der Waals surface area contributed by atoms with Crippen LogP contribution in [0.4, 0.5) is 5.13 Å². The fraction of sp³-hybridized carbons (Fsp3) is 0.375. The number of halogens is 1. The van der Waals surface area contributed by atoms with Gasteiger partial charge in [0, 0.05) is 15.4 Å². The maximum Gasteiger partial charge on any atom is 0.203 e. The van der Waals surface area contributed by atoms with Gasteiger partial charge in [-0.2, -0.15) is 5.10 Å². The molecular formula is C16H20BrN3O2S. The minimum Gasteiger partial charge on any atom is -0.490 e. The lowest BCUT2D eigenvalue weighted by Gasteiger charge is -2.13. The van der Waals surface area contributed by atoms with E-state index in [1.54, 1.807) is 6.21 Å². The molecule has 5 nitrogen and oxygen atoms in total. The molecule has 2 rings (SSSR count). The number of thiazole rings is 1. The van der Waals surface area contributed by atoms with Crippen LogP contribution in [0.5, 0.6) is 11.5 Å². The standard InChI is InChI=1S/C16H20BrN3O2S/c1-4-6-22-15-8-13(17)12(7-14(15)21-5-2)9-18-20-16-19-11(3)10-23-16/h7-10H,4-6H2,1-3H3,(H,19,20). The molecule has 0 fully saturated rings. The quantitative estimate of drug-likeness (QED) is 0.510. The molecule has 0 amide bonds. The summed E-state index contributed by atoms with van der Waals surface area (Å²) >= 11 is 5.07. The highest BCUT2D eigenvalue weighted by atomic mass is 79.9. The first-order valence-electron chi connectivity index (χ1n) is 7.44. The van der Waals surface area contributed by atoms with Crippen molar-refractivity contribution in [1.29, 1.82) is 0 Å². The van der Waals surface area contributed by atoms with Gasteiger partial charge in [0.2, 0.25) is 5.13 Å². The second kappa shape index (κ2) is 8.88. The van der Waals surface area contributed by atoms with Crippen LogP contribution in [0.25, 0.3) is 0 Å². The topological polar surface area (TPSA) is 55.7 Å². The Morgan fingerprint density at radius 1 is 1.30 bits per heavy atom. The predicted molar refractivity (Wildman–Crippen MR) is 99.2 cm³/mol. The zero-order valence-electron chi connectivity index (χ0n) is 13.4. The number of aromatic nitrogens is 1. The SMILES string of the molecule is CCCOc1cc(Br)c(C=NNc2nc(C)cs2)cc1OCC. The molecule has 0 spiro atoms. The van der Waals surface area contributed by atoms with Gasteiger partial charge in [-0.15, -0.1) is 11.3 Å². The maximum atomic E-state index is 5.73. The molecule has 1 aromatic carbocycles. The third kappa shape index (κ3) is 5.21. The summed E-state index contributed by atoms with van der Waals surface area (Å²) in [6.45, 7) is 7.21. The Hall–Kier alpha value is -1.60. The molecule has 0 saturated heterocycles. The van der Waals surface area contributed by atoms with Crippen LogP contribution in [0, 0.1) is 6.92 Å². The van der Waals surface area contributed by atoms with Crippen molar-refractivity contribution in [3.05, 3.63) is 33.2 Å². The number of rotatable bonds is 8. The highest BCUT2D eigenvalue weighted by Gasteiger charge is 2.10. The van der Waals surface area contributed by atoms with Crippen LogP contribution in [-0.2, 0) is 0 Å². The van der Waals surface area contributed by atoms with E-state index in [9.17, 15) is 0 Å². The van der Waals surface area contributed by atoms with Gasteiger partial charge in [0.25, 0.3) is 0 Å². The summed E-state index contributed by atoms with van der Waals surface area (Å²) in [7, 11) is 0. The molecule has 0 unspecified atom stereocenters. The van der Waals surface area contributed by atoms with E-state index in [0.29, 0.717) is 13.2 Å².